The van der Waals surface area contributed by atoms with Gasteiger partial charge in [0.25, 0.3) is 0 Å². The van der Waals surface area contributed by atoms with Gasteiger partial charge >= 0.3 is 0 Å². The van der Waals surface area contributed by atoms with Crippen molar-refractivity contribution in [2.75, 3.05) is 0 Å². The molecule has 1 heterocycles. The molecule has 1 aliphatic heterocycles. The number of aromatic hydroxyl groups is 1. The topological polar surface area (TPSA) is 29.5 Å². The van der Waals surface area contributed by atoms with Crippen LogP contribution in [0.5, 0.6) is 11.5 Å². The van der Waals surface area contributed by atoms with Gasteiger partial charge < -0.3 is 9.84 Å². The van der Waals surface area contributed by atoms with E-state index in [1.54, 1.807) is 0 Å². The Morgan fingerprint density at radius 2 is 1.92 bits per heavy atom. The fourth-order valence-electron chi connectivity index (χ4n) is 4.66. The lowest BCUT2D eigenvalue weighted by molar-refractivity contribution is 0.0107. The van der Waals surface area contributed by atoms with E-state index in [0.29, 0.717) is 11.7 Å². The molecule has 2 heteroatoms. The molecule has 1 N–H and O–H groups in total. The molecule has 1 aromatic carbocycles. The fourth-order valence-corrected chi connectivity index (χ4v) is 4.66. The Kier molecular flexibility index (Phi) is 5.46. The summed E-state index contributed by atoms with van der Waals surface area (Å²) < 4.78 is 6.40. The maximum absolute atomic E-state index is 10.8. The van der Waals surface area contributed by atoms with Gasteiger partial charge in [0.05, 0.1) is 0 Å². The van der Waals surface area contributed by atoms with E-state index < -0.39 is 0 Å². The Balaban J connectivity index is 1.84. The largest absolute Gasteiger partial charge is 0.507 e. The molecule has 0 spiro atoms. The van der Waals surface area contributed by atoms with Crippen molar-refractivity contribution in [1.82, 2.24) is 0 Å². The molecule has 25 heavy (non-hydrogen) atoms. The normalized spacial score (nSPS) is 24.1. The van der Waals surface area contributed by atoms with Gasteiger partial charge in [-0.25, -0.2) is 0 Å². The average molecular weight is 344 g/mol. The third-order valence-corrected chi connectivity index (χ3v) is 6.10. The van der Waals surface area contributed by atoms with E-state index >= 15 is 0 Å². The maximum atomic E-state index is 10.8. The minimum Gasteiger partial charge on any atom is -0.507 e. The van der Waals surface area contributed by atoms with Gasteiger partial charge in [-0.2, -0.15) is 0 Å². The van der Waals surface area contributed by atoms with Gasteiger partial charge in [-0.05, 0) is 64.2 Å². The number of phenolic OH excluding ortho intramolecular Hbond substituents is 1. The number of phenols is 1. The van der Waals surface area contributed by atoms with Gasteiger partial charge in [-0.15, -0.1) is 0 Å². The van der Waals surface area contributed by atoms with Crippen molar-refractivity contribution < 1.29 is 9.84 Å². The van der Waals surface area contributed by atoms with E-state index in [1.807, 2.05) is 6.07 Å². The molecular weight excluding hydrogens is 309 g/mol. The molecule has 0 bridgehead atoms. The van der Waals surface area contributed by atoms with Crippen molar-refractivity contribution in [2.45, 2.75) is 90.6 Å². The van der Waals surface area contributed by atoms with Crippen molar-refractivity contribution in [3.63, 3.8) is 0 Å². The first-order valence-electron chi connectivity index (χ1n) is 10.1. The van der Waals surface area contributed by atoms with Crippen molar-refractivity contribution >= 4 is 0 Å². The summed E-state index contributed by atoms with van der Waals surface area (Å²) >= 11 is 0. The predicted molar refractivity (Wildman–Crippen MR) is 104 cm³/mol. The number of ether oxygens (including phenoxy) is 1. The molecule has 0 aromatic heterocycles. The van der Waals surface area contributed by atoms with Crippen LogP contribution >= 0.6 is 0 Å². The molecule has 2 nitrogen and oxygen atoms in total. The molecule has 3 rings (SSSR count). The van der Waals surface area contributed by atoms with E-state index in [2.05, 4.69) is 39.8 Å². The zero-order valence-corrected chi connectivity index (χ0v) is 16.4. The van der Waals surface area contributed by atoms with Crippen molar-refractivity contribution in [3.05, 3.63) is 34.9 Å². The number of rotatable bonds is 6. The first-order valence-corrected chi connectivity index (χ1v) is 10.1. The van der Waals surface area contributed by atoms with Crippen LogP contribution < -0.4 is 4.74 Å². The Labute approximate surface area is 153 Å². The van der Waals surface area contributed by atoms with E-state index in [4.69, 9.17) is 4.74 Å². The van der Waals surface area contributed by atoms with Gasteiger partial charge in [0.15, 0.2) is 0 Å². The molecule has 0 saturated carbocycles. The minimum atomic E-state index is -0.180. The van der Waals surface area contributed by atoms with Crippen LogP contribution in [0.1, 0.15) is 89.7 Å². The van der Waals surface area contributed by atoms with Crippen molar-refractivity contribution in [3.8, 4) is 11.5 Å². The Hall–Kier alpha value is -1.44. The van der Waals surface area contributed by atoms with E-state index in [-0.39, 0.29) is 11.5 Å². The SMILES string of the molecule is CCCCCCCc1cc(O)c2c(c1)OC(C)(C)C1CCC([13CH3])=CC21. The zero-order valence-electron chi connectivity index (χ0n) is 16.4. The van der Waals surface area contributed by atoms with E-state index in [1.165, 1.54) is 43.2 Å². The summed E-state index contributed by atoms with van der Waals surface area (Å²) in [6.45, 7) is 8.86. The van der Waals surface area contributed by atoms with Gasteiger partial charge in [0.1, 0.15) is 17.1 Å². The highest BCUT2D eigenvalue weighted by atomic mass is 16.5. The standard InChI is InChI=1S/C23H34O2/c1-5-6-7-8-9-10-17-14-20(24)22-18-13-16(2)11-12-19(18)23(3,4)25-21(22)15-17/h13-15,18-19,24H,5-12H2,1-4H3/i2+1. The summed E-state index contributed by atoms with van der Waals surface area (Å²) in [6.07, 6.45) is 12.0. The monoisotopic (exact) mass is 343 g/mol. The highest BCUT2D eigenvalue weighted by Crippen LogP contribution is 2.53. The molecule has 0 saturated heterocycles. The van der Waals surface area contributed by atoms with Crippen LogP contribution in [-0.2, 0) is 6.42 Å². The Morgan fingerprint density at radius 3 is 2.68 bits per heavy atom. The zero-order chi connectivity index (χ0) is 18.0. The molecule has 0 amide bonds. The lowest BCUT2D eigenvalue weighted by Crippen LogP contribution is -2.45. The third kappa shape index (κ3) is 3.88. The van der Waals surface area contributed by atoms with Gasteiger partial charge in [0.2, 0.25) is 0 Å². The summed E-state index contributed by atoms with van der Waals surface area (Å²) in [6, 6.07) is 4.17. The first-order chi connectivity index (χ1) is 11.9. The fraction of sp³-hybridized carbons (Fsp3) is 0.652. The van der Waals surface area contributed by atoms with Crippen molar-refractivity contribution in [2.24, 2.45) is 5.92 Å². The van der Waals surface area contributed by atoms with Crippen LogP contribution in [0.3, 0.4) is 0 Å². The molecule has 138 valence electrons. The highest BCUT2D eigenvalue weighted by molar-refractivity contribution is 5.53. The van der Waals surface area contributed by atoms with E-state index in [0.717, 1.165) is 30.6 Å². The molecule has 1 aromatic rings. The predicted octanol–water partition coefficient (Wildman–Crippen LogP) is 6.52. The Morgan fingerprint density at radius 1 is 1.16 bits per heavy atom. The van der Waals surface area contributed by atoms with Crippen LogP contribution in [0.2, 0.25) is 0 Å². The molecule has 0 radical (unpaired) electrons. The summed E-state index contributed by atoms with van der Waals surface area (Å²) in [5, 5.41) is 10.8. The number of benzene rings is 1. The van der Waals surface area contributed by atoms with Crippen LogP contribution in [0.25, 0.3) is 0 Å². The number of hydrogen-bond donors (Lipinski definition) is 1. The molecular formula is C23H34O2. The molecule has 2 unspecified atom stereocenters. The lowest BCUT2D eigenvalue weighted by atomic mass is 9.68. The second-order valence-electron chi connectivity index (χ2n) is 8.58. The second kappa shape index (κ2) is 7.43. The molecule has 2 aliphatic rings. The second-order valence-corrected chi connectivity index (χ2v) is 8.58. The number of aryl methyl sites for hydroxylation is 1. The van der Waals surface area contributed by atoms with Crippen LogP contribution in [0, 0.1) is 5.92 Å². The summed E-state index contributed by atoms with van der Waals surface area (Å²) in [4.78, 5) is 0. The number of fused-ring (bicyclic) bond motifs is 3. The highest BCUT2D eigenvalue weighted by Gasteiger charge is 2.45. The quantitative estimate of drug-likeness (QED) is 0.362. The first kappa shape index (κ1) is 18.4. The third-order valence-electron chi connectivity index (χ3n) is 6.10. The maximum Gasteiger partial charge on any atom is 0.127 e. The van der Waals surface area contributed by atoms with Gasteiger partial charge in [0, 0.05) is 17.4 Å². The summed E-state index contributed by atoms with van der Waals surface area (Å²) in [5.74, 6) is 2.05. The number of allylic oxidation sites excluding steroid dienone is 2. The summed E-state index contributed by atoms with van der Waals surface area (Å²) in [5.41, 5.74) is 3.47. The van der Waals surface area contributed by atoms with Crippen LogP contribution in [0.4, 0.5) is 0 Å². The van der Waals surface area contributed by atoms with E-state index in [9.17, 15) is 5.11 Å². The lowest BCUT2D eigenvalue weighted by Gasteiger charge is -2.46. The Bertz CT molecular complexity index is 642. The van der Waals surface area contributed by atoms with Crippen LogP contribution in [0.15, 0.2) is 23.8 Å². The number of hydrogen-bond acceptors (Lipinski definition) is 2. The summed E-state index contributed by atoms with van der Waals surface area (Å²) in [7, 11) is 0. The molecule has 2 atom stereocenters. The van der Waals surface area contributed by atoms with Gasteiger partial charge in [-0.3, -0.25) is 0 Å². The number of unbranched alkanes of at least 4 members (excludes halogenated alkanes) is 4. The van der Waals surface area contributed by atoms with Crippen molar-refractivity contribution in [1.29, 1.82) is 0 Å². The minimum absolute atomic E-state index is 0.180. The van der Waals surface area contributed by atoms with Gasteiger partial charge in [-0.1, -0.05) is 44.3 Å². The molecule has 0 fully saturated rings. The smallest absolute Gasteiger partial charge is 0.127 e. The van der Waals surface area contributed by atoms with Crippen LogP contribution in [-0.4, -0.2) is 10.7 Å². The average Bonchev–Trinajstić information content (AvgIpc) is 2.53. The molecule has 1 aliphatic carbocycles.